The van der Waals surface area contributed by atoms with Gasteiger partial charge in [0, 0.05) is 30.6 Å². The summed E-state index contributed by atoms with van der Waals surface area (Å²) in [5.41, 5.74) is 5.08. The van der Waals surface area contributed by atoms with E-state index in [1.54, 1.807) is 12.4 Å². The number of thioether (sulfide) groups is 1. The van der Waals surface area contributed by atoms with Gasteiger partial charge in [-0.05, 0) is 62.6 Å². The summed E-state index contributed by atoms with van der Waals surface area (Å²) >= 11 is 1.43. The second-order valence-corrected chi connectivity index (χ2v) is 7.78. The highest BCUT2D eigenvalue weighted by atomic mass is 32.2. The first-order valence-corrected chi connectivity index (χ1v) is 9.35. The standard InChI is InChI=1S/C20H22N4OS/c1-12-10-14(3)17(11-13(12)2)18(25)15(4)26-20-23-22-19(24(20)5)16-6-8-21-9-7-16/h6-11,15H,1-5H3. The van der Waals surface area contributed by atoms with Gasteiger partial charge in [-0.2, -0.15) is 0 Å². The minimum absolute atomic E-state index is 0.115. The number of Topliss-reactive ketones (excluding diaryl/α,β-unsaturated/α-hetero) is 1. The molecule has 0 aliphatic carbocycles. The Morgan fingerprint density at radius 1 is 1.04 bits per heavy atom. The van der Waals surface area contributed by atoms with Crippen molar-refractivity contribution in [2.75, 3.05) is 0 Å². The molecule has 2 heterocycles. The van der Waals surface area contributed by atoms with Gasteiger partial charge in [0.05, 0.1) is 5.25 Å². The van der Waals surface area contributed by atoms with E-state index in [1.165, 1.54) is 17.3 Å². The van der Waals surface area contributed by atoms with E-state index in [1.807, 2.05) is 50.6 Å². The van der Waals surface area contributed by atoms with E-state index in [4.69, 9.17) is 0 Å². The SMILES string of the molecule is Cc1cc(C)c(C(=O)C(C)Sc2nnc(-c3ccncc3)n2C)cc1C. The third-order valence-electron chi connectivity index (χ3n) is 4.53. The van der Waals surface area contributed by atoms with Gasteiger partial charge in [-0.3, -0.25) is 9.78 Å². The van der Waals surface area contributed by atoms with Crippen molar-refractivity contribution in [2.45, 2.75) is 38.1 Å². The largest absolute Gasteiger partial charge is 0.305 e. The van der Waals surface area contributed by atoms with E-state index in [0.717, 1.165) is 33.2 Å². The van der Waals surface area contributed by atoms with Gasteiger partial charge in [0.1, 0.15) is 0 Å². The molecule has 5 nitrogen and oxygen atoms in total. The van der Waals surface area contributed by atoms with Crippen LogP contribution in [0.25, 0.3) is 11.4 Å². The summed E-state index contributed by atoms with van der Waals surface area (Å²) in [5, 5.41) is 9.01. The van der Waals surface area contributed by atoms with Crippen molar-refractivity contribution >= 4 is 17.5 Å². The number of hydrogen-bond donors (Lipinski definition) is 0. The van der Waals surface area contributed by atoms with Gasteiger partial charge >= 0.3 is 0 Å². The highest BCUT2D eigenvalue weighted by Crippen LogP contribution is 2.28. The molecule has 0 aliphatic heterocycles. The lowest BCUT2D eigenvalue weighted by atomic mass is 9.97. The van der Waals surface area contributed by atoms with Crippen LogP contribution in [0.4, 0.5) is 0 Å². The second kappa shape index (κ2) is 7.41. The maximum Gasteiger partial charge on any atom is 0.191 e. The van der Waals surface area contributed by atoms with E-state index in [-0.39, 0.29) is 11.0 Å². The summed E-state index contributed by atoms with van der Waals surface area (Å²) < 4.78 is 1.91. The number of ketones is 1. The van der Waals surface area contributed by atoms with Crippen LogP contribution in [-0.4, -0.2) is 30.8 Å². The van der Waals surface area contributed by atoms with Crippen LogP contribution in [-0.2, 0) is 7.05 Å². The molecule has 0 saturated heterocycles. The summed E-state index contributed by atoms with van der Waals surface area (Å²) in [7, 11) is 1.91. The zero-order valence-electron chi connectivity index (χ0n) is 15.6. The van der Waals surface area contributed by atoms with Crippen LogP contribution in [0, 0.1) is 20.8 Å². The van der Waals surface area contributed by atoms with Crippen LogP contribution in [0.1, 0.15) is 34.0 Å². The summed E-state index contributed by atoms with van der Waals surface area (Å²) in [6.07, 6.45) is 3.46. The Bertz CT molecular complexity index is 950. The third-order valence-corrected chi connectivity index (χ3v) is 5.66. The molecule has 0 amide bonds. The first-order valence-electron chi connectivity index (χ1n) is 8.47. The number of aryl methyl sites for hydroxylation is 3. The number of rotatable bonds is 5. The number of carbonyl (C=O) groups excluding carboxylic acids is 1. The number of nitrogens with zero attached hydrogens (tertiary/aromatic N) is 4. The molecule has 26 heavy (non-hydrogen) atoms. The molecule has 3 rings (SSSR count). The molecule has 1 unspecified atom stereocenters. The van der Waals surface area contributed by atoms with Gasteiger partial charge < -0.3 is 4.57 Å². The van der Waals surface area contributed by atoms with Crippen LogP contribution < -0.4 is 0 Å². The van der Waals surface area contributed by atoms with Crippen LogP contribution in [0.3, 0.4) is 0 Å². The summed E-state index contributed by atoms with van der Waals surface area (Å²) in [6, 6.07) is 7.85. The Hall–Kier alpha value is -2.47. The molecule has 0 radical (unpaired) electrons. The topological polar surface area (TPSA) is 60.7 Å². The lowest BCUT2D eigenvalue weighted by Gasteiger charge is -2.13. The first kappa shape index (κ1) is 18.3. The van der Waals surface area contributed by atoms with E-state index < -0.39 is 0 Å². The van der Waals surface area contributed by atoms with Gasteiger partial charge in [0.25, 0.3) is 0 Å². The summed E-state index contributed by atoms with van der Waals surface area (Å²) in [6.45, 7) is 8.01. The maximum atomic E-state index is 12.9. The molecule has 0 bridgehead atoms. The minimum atomic E-state index is -0.246. The maximum absolute atomic E-state index is 12.9. The Balaban J connectivity index is 1.83. The van der Waals surface area contributed by atoms with E-state index in [0.29, 0.717) is 0 Å². The van der Waals surface area contributed by atoms with Crippen LogP contribution in [0.15, 0.2) is 41.8 Å². The molecule has 0 N–H and O–H groups in total. The first-order chi connectivity index (χ1) is 12.4. The van der Waals surface area contributed by atoms with Crippen molar-refractivity contribution in [3.05, 3.63) is 58.9 Å². The molecule has 0 saturated carbocycles. The number of benzene rings is 1. The van der Waals surface area contributed by atoms with E-state index >= 15 is 0 Å². The predicted octanol–water partition coefficient (Wildman–Crippen LogP) is 4.17. The van der Waals surface area contributed by atoms with Gasteiger partial charge in [0.2, 0.25) is 0 Å². The fraction of sp³-hybridized carbons (Fsp3) is 0.300. The average Bonchev–Trinajstić information content (AvgIpc) is 2.99. The number of pyridine rings is 1. The van der Waals surface area contributed by atoms with E-state index in [2.05, 4.69) is 28.2 Å². The van der Waals surface area contributed by atoms with Crippen LogP contribution in [0.5, 0.6) is 0 Å². The molecular weight excluding hydrogens is 344 g/mol. The van der Waals surface area contributed by atoms with Crippen molar-refractivity contribution < 1.29 is 4.79 Å². The molecular formula is C20H22N4OS. The molecule has 1 aromatic carbocycles. The van der Waals surface area contributed by atoms with Crippen molar-refractivity contribution in [3.63, 3.8) is 0 Å². The summed E-state index contributed by atoms with van der Waals surface area (Å²) in [4.78, 5) is 17.0. The van der Waals surface area contributed by atoms with Crippen molar-refractivity contribution in [3.8, 4) is 11.4 Å². The Kier molecular flexibility index (Phi) is 5.23. The molecule has 0 fully saturated rings. The van der Waals surface area contributed by atoms with Crippen molar-refractivity contribution in [2.24, 2.45) is 7.05 Å². The second-order valence-electron chi connectivity index (χ2n) is 6.48. The lowest BCUT2D eigenvalue weighted by Crippen LogP contribution is -2.16. The number of aromatic nitrogens is 4. The third kappa shape index (κ3) is 3.55. The zero-order chi connectivity index (χ0) is 18.8. The quantitative estimate of drug-likeness (QED) is 0.501. The number of hydrogen-bond acceptors (Lipinski definition) is 5. The average molecular weight is 366 g/mol. The smallest absolute Gasteiger partial charge is 0.191 e. The van der Waals surface area contributed by atoms with Gasteiger partial charge in [-0.1, -0.05) is 17.8 Å². The molecule has 0 aliphatic rings. The minimum Gasteiger partial charge on any atom is -0.305 e. The Labute approximate surface area is 157 Å². The molecule has 2 aromatic heterocycles. The normalized spacial score (nSPS) is 12.2. The molecule has 1 atom stereocenters. The molecule has 3 aromatic rings. The lowest BCUT2D eigenvalue weighted by molar-refractivity contribution is 0.0993. The molecule has 0 spiro atoms. The molecule has 134 valence electrons. The van der Waals surface area contributed by atoms with Crippen LogP contribution >= 0.6 is 11.8 Å². The highest BCUT2D eigenvalue weighted by Gasteiger charge is 2.22. The fourth-order valence-electron chi connectivity index (χ4n) is 2.83. The van der Waals surface area contributed by atoms with Crippen LogP contribution in [0.2, 0.25) is 0 Å². The zero-order valence-corrected chi connectivity index (χ0v) is 16.5. The van der Waals surface area contributed by atoms with E-state index in [9.17, 15) is 4.79 Å². The van der Waals surface area contributed by atoms with Gasteiger partial charge in [0.15, 0.2) is 16.8 Å². The predicted molar refractivity (Wildman–Crippen MR) is 105 cm³/mol. The summed E-state index contributed by atoms with van der Waals surface area (Å²) in [5.74, 6) is 0.876. The molecule has 6 heteroatoms. The van der Waals surface area contributed by atoms with Gasteiger partial charge in [-0.15, -0.1) is 10.2 Å². The number of carbonyl (C=O) groups is 1. The fourth-order valence-corrected chi connectivity index (χ4v) is 3.71. The van der Waals surface area contributed by atoms with Crippen molar-refractivity contribution in [1.82, 2.24) is 19.7 Å². The highest BCUT2D eigenvalue weighted by molar-refractivity contribution is 8.00. The van der Waals surface area contributed by atoms with Gasteiger partial charge in [-0.25, -0.2) is 0 Å². The Morgan fingerprint density at radius 3 is 2.38 bits per heavy atom. The Morgan fingerprint density at radius 2 is 1.69 bits per heavy atom. The van der Waals surface area contributed by atoms with Crippen molar-refractivity contribution in [1.29, 1.82) is 0 Å². The monoisotopic (exact) mass is 366 g/mol.